The van der Waals surface area contributed by atoms with Crippen LogP contribution in [0.4, 0.5) is 5.69 Å². The Hall–Kier alpha value is -1.62. The van der Waals surface area contributed by atoms with Gasteiger partial charge in [-0.05, 0) is 50.5 Å². The zero-order chi connectivity index (χ0) is 18.1. The number of ether oxygens (including phenoxy) is 2. The van der Waals surface area contributed by atoms with Gasteiger partial charge in [-0.25, -0.2) is 4.98 Å². The number of nitrogens with zero attached hydrogens (tertiary/aromatic N) is 1. The van der Waals surface area contributed by atoms with E-state index in [4.69, 9.17) is 9.47 Å². The van der Waals surface area contributed by atoms with Gasteiger partial charge in [0, 0.05) is 12.7 Å². The monoisotopic (exact) mass is 348 g/mol. The number of amides is 1. The summed E-state index contributed by atoms with van der Waals surface area (Å²) >= 11 is 0. The van der Waals surface area contributed by atoms with Crippen molar-refractivity contribution in [2.75, 3.05) is 18.5 Å². The Kier molecular flexibility index (Phi) is 7.69. The lowest BCUT2D eigenvalue weighted by molar-refractivity contribution is -0.147. The van der Waals surface area contributed by atoms with Crippen LogP contribution in [0.1, 0.15) is 65.7 Å². The summed E-state index contributed by atoms with van der Waals surface area (Å²) < 4.78 is 11.6. The second-order valence-electron chi connectivity index (χ2n) is 7.07. The van der Waals surface area contributed by atoms with Gasteiger partial charge in [-0.15, -0.1) is 0 Å². The summed E-state index contributed by atoms with van der Waals surface area (Å²) in [6.07, 6.45) is 8.28. The Morgan fingerprint density at radius 1 is 1.24 bits per heavy atom. The van der Waals surface area contributed by atoms with Crippen molar-refractivity contribution in [1.82, 2.24) is 4.98 Å². The second-order valence-corrected chi connectivity index (χ2v) is 7.07. The molecule has 2 rings (SSSR count). The fourth-order valence-electron chi connectivity index (χ4n) is 3.07. The van der Waals surface area contributed by atoms with Crippen molar-refractivity contribution in [3.8, 4) is 5.88 Å². The molecule has 0 radical (unpaired) electrons. The molecule has 0 spiro atoms. The van der Waals surface area contributed by atoms with Gasteiger partial charge in [0.25, 0.3) is 5.91 Å². The zero-order valence-electron chi connectivity index (χ0n) is 15.8. The van der Waals surface area contributed by atoms with E-state index < -0.39 is 5.60 Å². The van der Waals surface area contributed by atoms with E-state index in [9.17, 15) is 4.79 Å². The number of nitrogens with one attached hydrogen (secondary N) is 1. The first kappa shape index (κ1) is 19.7. The van der Waals surface area contributed by atoms with Gasteiger partial charge in [-0.1, -0.05) is 27.2 Å². The number of anilines is 1. The van der Waals surface area contributed by atoms with Crippen molar-refractivity contribution in [1.29, 1.82) is 0 Å². The normalized spacial score (nSPS) is 23.2. The molecular weight excluding hydrogens is 316 g/mol. The Morgan fingerprint density at radius 2 is 2.00 bits per heavy atom. The molecule has 0 saturated heterocycles. The van der Waals surface area contributed by atoms with E-state index in [0.29, 0.717) is 30.7 Å². The molecule has 1 aromatic heterocycles. The van der Waals surface area contributed by atoms with E-state index in [2.05, 4.69) is 31.1 Å². The van der Waals surface area contributed by atoms with Gasteiger partial charge in [0.05, 0.1) is 18.5 Å². The van der Waals surface area contributed by atoms with Crippen LogP contribution in [-0.2, 0) is 9.53 Å². The summed E-state index contributed by atoms with van der Waals surface area (Å²) in [6, 6.07) is 3.64. The van der Waals surface area contributed by atoms with E-state index >= 15 is 0 Å². The van der Waals surface area contributed by atoms with Gasteiger partial charge in [0.1, 0.15) is 5.60 Å². The van der Waals surface area contributed by atoms with Crippen LogP contribution >= 0.6 is 0 Å². The Balaban J connectivity index is 1.97. The number of rotatable bonds is 9. The Morgan fingerprint density at radius 3 is 2.60 bits per heavy atom. The molecule has 140 valence electrons. The number of carbonyl (C=O) groups is 1. The Labute approximate surface area is 151 Å². The zero-order valence-corrected chi connectivity index (χ0v) is 15.8. The molecule has 0 bridgehead atoms. The summed E-state index contributed by atoms with van der Waals surface area (Å²) in [6.45, 7) is 7.71. The maximum Gasteiger partial charge on any atom is 0.256 e. The molecule has 1 saturated carbocycles. The lowest BCUT2D eigenvalue weighted by atomic mass is 9.78. The van der Waals surface area contributed by atoms with Crippen LogP contribution in [0, 0.1) is 5.92 Å². The van der Waals surface area contributed by atoms with Gasteiger partial charge in [0.15, 0.2) is 0 Å². The van der Waals surface area contributed by atoms with E-state index in [0.717, 1.165) is 44.9 Å². The average molecular weight is 348 g/mol. The predicted molar refractivity (Wildman–Crippen MR) is 99.9 cm³/mol. The van der Waals surface area contributed by atoms with Gasteiger partial charge < -0.3 is 14.8 Å². The van der Waals surface area contributed by atoms with Gasteiger partial charge in [0.2, 0.25) is 5.88 Å². The summed E-state index contributed by atoms with van der Waals surface area (Å²) in [5, 5.41) is 2.99. The Bertz CT molecular complexity index is 517. The predicted octanol–water partition coefficient (Wildman–Crippen LogP) is 4.57. The van der Waals surface area contributed by atoms with Gasteiger partial charge in [-0.2, -0.15) is 0 Å². The van der Waals surface area contributed by atoms with Crippen molar-refractivity contribution < 1.29 is 14.3 Å². The molecule has 1 fully saturated rings. The lowest BCUT2D eigenvalue weighted by Crippen LogP contribution is -2.48. The molecule has 1 aliphatic carbocycles. The number of hydrogen-bond acceptors (Lipinski definition) is 4. The molecule has 0 aromatic carbocycles. The molecule has 0 unspecified atom stereocenters. The third-order valence-corrected chi connectivity index (χ3v) is 4.82. The van der Waals surface area contributed by atoms with E-state index in [-0.39, 0.29) is 5.91 Å². The first-order valence-corrected chi connectivity index (χ1v) is 9.64. The number of carbonyl (C=O) groups excluding carboxylic acids is 1. The van der Waals surface area contributed by atoms with E-state index in [1.807, 2.05) is 6.07 Å². The van der Waals surface area contributed by atoms with Crippen LogP contribution in [0.3, 0.4) is 0 Å². The second kappa shape index (κ2) is 9.76. The van der Waals surface area contributed by atoms with Crippen LogP contribution in [0.5, 0.6) is 5.88 Å². The maximum atomic E-state index is 12.9. The summed E-state index contributed by atoms with van der Waals surface area (Å²) in [5.41, 5.74) is -0.00957. The molecule has 1 amide bonds. The highest BCUT2D eigenvalue weighted by Crippen LogP contribution is 2.36. The first-order chi connectivity index (χ1) is 12.1. The van der Waals surface area contributed by atoms with Crippen molar-refractivity contribution in [3.05, 3.63) is 18.3 Å². The standard InChI is InChI=1S/C20H32N2O3/c1-4-6-14-24-18-8-7-17(15-21-18)22-19(23)20(25-13-5-2)11-9-16(3)10-12-20/h7-8,15-16H,4-6,9-14H2,1-3H3,(H,22,23). The summed E-state index contributed by atoms with van der Waals surface area (Å²) in [7, 11) is 0. The fraction of sp³-hybridized carbons (Fsp3) is 0.700. The van der Waals surface area contributed by atoms with Crippen LogP contribution in [0.25, 0.3) is 0 Å². The minimum absolute atomic E-state index is 0.0469. The minimum atomic E-state index is -0.696. The molecule has 1 aliphatic rings. The van der Waals surface area contributed by atoms with Crippen LogP contribution in [0.15, 0.2) is 18.3 Å². The molecule has 1 heterocycles. The highest BCUT2D eigenvalue weighted by Gasteiger charge is 2.42. The van der Waals surface area contributed by atoms with Crippen molar-refractivity contribution >= 4 is 11.6 Å². The van der Waals surface area contributed by atoms with Gasteiger partial charge in [-0.3, -0.25) is 4.79 Å². The number of pyridine rings is 1. The van der Waals surface area contributed by atoms with Crippen molar-refractivity contribution in [2.45, 2.75) is 71.3 Å². The van der Waals surface area contributed by atoms with Crippen LogP contribution in [0.2, 0.25) is 0 Å². The highest BCUT2D eigenvalue weighted by molar-refractivity contribution is 5.97. The lowest BCUT2D eigenvalue weighted by Gasteiger charge is -2.37. The number of unbranched alkanes of at least 4 members (excludes halogenated alkanes) is 1. The maximum absolute atomic E-state index is 12.9. The molecule has 5 nitrogen and oxygen atoms in total. The van der Waals surface area contributed by atoms with Crippen molar-refractivity contribution in [3.63, 3.8) is 0 Å². The summed E-state index contributed by atoms with van der Waals surface area (Å²) in [5.74, 6) is 1.21. The van der Waals surface area contributed by atoms with Crippen LogP contribution in [-0.4, -0.2) is 29.7 Å². The van der Waals surface area contributed by atoms with Crippen molar-refractivity contribution in [2.24, 2.45) is 5.92 Å². The molecule has 25 heavy (non-hydrogen) atoms. The number of aromatic nitrogens is 1. The SMILES string of the molecule is CCCCOc1ccc(NC(=O)C2(OCCC)CCC(C)CC2)cn1. The summed E-state index contributed by atoms with van der Waals surface area (Å²) in [4.78, 5) is 17.2. The molecule has 5 heteroatoms. The average Bonchev–Trinajstić information content (AvgIpc) is 2.63. The van der Waals surface area contributed by atoms with E-state index in [1.54, 1.807) is 12.3 Å². The largest absolute Gasteiger partial charge is 0.478 e. The number of hydrogen-bond donors (Lipinski definition) is 1. The fourth-order valence-corrected chi connectivity index (χ4v) is 3.07. The van der Waals surface area contributed by atoms with E-state index in [1.165, 1.54) is 0 Å². The first-order valence-electron chi connectivity index (χ1n) is 9.64. The molecular formula is C20H32N2O3. The molecule has 1 aromatic rings. The molecule has 0 atom stereocenters. The highest BCUT2D eigenvalue weighted by atomic mass is 16.5. The quantitative estimate of drug-likeness (QED) is 0.664. The molecule has 0 aliphatic heterocycles. The smallest absolute Gasteiger partial charge is 0.256 e. The van der Waals surface area contributed by atoms with Gasteiger partial charge >= 0.3 is 0 Å². The topological polar surface area (TPSA) is 60.5 Å². The molecule has 1 N–H and O–H groups in total. The third-order valence-electron chi connectivity index (χ3n) is 4.82. The van der Waals surface area contributed by atoms with Crippen LogP contribution < -0.4 is 10.1 Å². The third kappa shape index (κ3) is 5.70. The minimum Gasteiger partial charge on any atom is -0.478 e.